The first-order valence-electron chi connectivity index (χ1n) is 8.04. The van der Waals surface area contributed by atoms with Gasteiger partial charge in [0.05, 0.1) is 5.75 Å². The Morgan fingerprint density at radius 2 is 1.95 bits per heavy atom. The molecule has 1 atom stereocenters. The normalized spacial score (nSPS) is 21.9. The van der Waals surface area contributed by atoms with E-state index in [0.29, 0.717) is 11.7 Å². The molecule has 0 bridgehead atoms. The van der Waals surface area contributed by atoms with E-state index in [2.05, 4.69) is 40.3 Å². The number of benzene rings is 1. The van der Waals surface area contributed by atoms with Gasteiger partial charge < -0.3 is 9.80 Å². The molecule has 5 heteroatoms. The SMILES string of the molecule is CSCCCN1C(=O)CSC1c1ccc(N2CCCC2)cc1. The van der Waals surface area contributed by atoms with Gasteiger partial charge in [0.2, 0.25) is 5.91 Å². The summed E-state index contributed by atoms with van der Waals surface area (Å²) in [5.41, 5.74) is 2.59. The number of amides is 1. The third-order valence-corrected chi connectivity index (χ3v) is 6.32. The van der Waals surface area contributed by atoms with Crippen LogP contribution in [0, 0.1) is 0 Å². The van der Waals surface area contributed by atoms with Crippen LogP contribution >= 0.6 is 23.5 Å². The molecule has 2 heterocycles. The van der Waals surface area contributed by atoms with Crippen LogP contribution < -0.4 is 4.90 Å². The van der Waals surface area contributed by atoms with Crippen LogP contribution in [0.25, 0.3) is 0 Å². The van der Waals surface area contributed by atoms with Crippen molar-refractivity contribution in [3.05, 3.63) is 29.8 Å². The monoisotopic (exact) mass is 336 g/mol. The Hall–Kier alpha value is -0.810. The second kappa shape index (κ2) is 7.64. The van der Waals surface area contributed by atoms with E-state index in [1.807, 2.05) is 11.8 Å². The van der Waals surface area contributed by atoms with Gasteiger partial charge in [-0.3, -0.25) is 4.79 Å². The fourth-order valence-electron chi connectivity index (χ4n) is 3.18. The van der Waals surface area contributed by atoms with Gasteiger partial charge in [0.15, 0.2) is 0 Å². The first-order chi connectivity index (χ1) is 10.8. The van der Waals surface area contributed by atoms with E-state index in [1.165, 1.54) is 37.2 Å². The lowest BCUT2D eigenvalue weighted by molar-refractivity contribution is -0.128. The van der Waals surface area contributed by atoms with Crippen LogP contribution in [-0.2, 0) is 4.79 Å². The number of hydrogen-bond donors (Lipinski definition) is 0. The Kier molecular flexibility index (Phi) is 5.58. The van der Waals surface area contributed by atoms with Gasteiger partial charge in [-0.1, -0.05) is 12.1 Å². The fourth-order valence-corrected chi connectivity index (χ4v) is 4.81. The molecule has 120 valence electrons. The number of hydrogen-bond acceptors (Lipinski definition) is 4. The molecule has 3 rings (SSSR count). The second-order valence-electron chi connectivity index (χ2n) is 5.88. The number of nitrogens with zero attached hydrogens (tertiary/aromatic N) is 2. The van der Waals surface area contributed by atoms with E-state index < -0.39 is 0 Å². The number of anilines is 1. The van der Waals surface area contributed by atoms with Gasteiger partial charge in [-0.25, -0.2) is 0 Å². The van der Waals surface area contributed by atoms with Crippen LogP contribution in [0.15, 0.2) is 24.3 Å². The first kappa shape index (κ1) is 16.1. The van der Waals surface area contributed by atoms with E-state index >= 15 is 0 Å². The molecular formula is C17H24N2OS2. The van der Waals surface area contributed by atoms with E-state index in [0.717, 1.165) is 18.7 Å². The molecular weight excluding hydrogens is 312 g/mol. The van der Waals surface area contributed by atoms with Gasteiger partial charge in [0.1, 0.15) is 5.37 Å². The average molecular weight is 337 g/mol. The molecule has 0 N–H and O–H groups in total. The minimum atomic E-state index is 0.210. The molecule has 1 aromatic rings. The van der Waals surface area contributed by atoms with Crippen molar-refractivity contribution in [3.8, 4) is 0 Å². The predicted octanol–water partition coefficient (Wildman–Crippen LogP) is 3.61. The molecule has 1 aromatic carbocycles. The van der Waals surface area contributed by atoms with Crippen molar-refractivity contribution >= 4 is 35.1 Å². The van der Waals surface area contributed by atoms with Crippen molar-refractivity contribution in [2.45, 2.75) is 24.6 Å². The van der Waals surface area contributed by atoms with Crippen molar-refractivity contribution in [1.82, 2.24) is 4.90 Å². The summed E-state index contributed by atoms with van der Waals surface area (Å²) >= 11 is 3.61. The lowest BCUT2D eigenvalue weighted by Crippen LogP contribution is -2.29. The van der Waals surface area contributed by atoms with Crippen molar-refractivity contribution in [3.63, 3.8) is 0 Å². The summed E-state index contributed by atoms with van der Waals surface area (Å²) < 4.78 is 0. The molecule has 0 saturated carbocycles. The van der Waals surface area contributed by atoms with Crippen LogP contribution in [0.2, 0.25) is 0 Å². The van der Waals surface area contributed by atoms with Gasteiger partial charge in [-0.05, 0) is 49.0 Å². The molecule has 3 nitrogen and oxygen atoms in total. The maximum absolute atomic E-state index is 12.1. The van der Waals surface area contributed by atoms with Crippen LogP contribution in [0.3, 0.4) is 0 Å². The second-order valence-corrected chi connectivity index (χ2v) is 7.94. The Bertz CT molecular complexity index is 500. The molecule has 1 unspecified atom stereocenters. The molecule has 2 fully saturated rings. The van der Waals surface area contributed by atoms with E-state index in [1.54, 1.807) is 11.8 Å². The molecule has 1 amide bonds. The third kappa shape index (κ3) is 3.57. The van der Waals surface area contributed by atoms with E-state index in [-0.39, 0.29) is 5.37 Å². The zero-order chi connectivity index (χ0) is 15.4. The minimum absolute atomic E-state index is 0.210. The lowest BCUT2D eigenvalue weighted by Gasteiger charge is -2.25. The van der Waals surface area contributed by atoms with Gasteiger partial charge in [-0.2, -0.15) is 11.8 Å². The smallest absolute Gasteiger partial charge is 0.233 e. The first-order valence-corrected chi connectivity index (χ1v) is 10.5. The Morgan fingerprint density at radius 1 is 1.23 bits per heavy atom. The summed E-state index contributed by atoms with van der Waals surface area (Å²) in [6.45, 7) is 3.23. The molecule has 0 aromatic heterocycles. The van der Waals surface area contributed by atoms with Crippen molar-refractivity contribution in [2.24, 2.45) is 0 Å². The third-order valence-electron chi connectivity index (χ3n) is 4.37. The maximum atomic E-state index is 12.1. The summed E-state index contributed by atoms with van der Waals surface area (Å²) in [4.78, 5) is 16.6. The largest absolute Gasteiger partial charge is 0.372 e. The molecule has 2 aliphatic heterocycles. The summed E-state index contributed by atoms with van der Waals surface area (Å²) in [7, 11) is 0. The number of rotatable bonds is 6. The summed E-state index contributed by atoms with van der Waals surface area (Å²) in [6, 6.07) is 8.88. The minimum Gasteiger partial charge on any atom is -0.372 e. The topological polar surface area (TPSA) is 23.6 Å². The van der Waals surface area contributed by atoms with Gasteiger partial charge in [-0.15, -0.1) is 11.8 Å². The molecule has 0 spiro atoms. The Labute approximate surface area is 141 Å². The van der Waals surface area contributed by atoms with Crippen molar-refractivity contribution in [1.29, 1.82) is 0 Å². The van der Waals surface area contributed by atoms with Crippen molar-refractivity contribution < 1.29 is 4.79 Å². The zero-order valence-electron chi connectivity index (χ0n) is 13.2. The van der Waals surface area contributed by atoms with Crippen LogP contribution in [0.4, 0.5) is 5.69 Å². The van der Waals surface area contributed by atoms with E-state index in [9.17, 15) is 4.79 Å². The Balaban J connectivity index is 1.67. The predicted molar refractivity (Wildman–Crippen MR) is 97.8 cm³/mol. The molecule has 22 heavy (non-hydrogen) atoms. The zero-order valence-corrected chi connectivity index (χ0v) is 14.8. The van der Waals surface area contributed by atoms with Gasteiger partial charge >= 0.3 is 0 Å². The molecule has 2 aliphatic rings. The highest BCUT2D eigenvalue weighted by Crippen LogP contribution is 2.39. The van der Waals surface area contributed by atoms with Gasteiger partial charge in [0, 0.05) is 25.3 Å². The quantitative estimate of drug-likeness (QED) is 0.741. The number of thioether (sulfide) groups is 2. The fraction of sp³-hybridized carbons (Fsp3) is 0.588. The maximum Gasteiger partial charge on any atom is 0.233 e. The highest BCUT2D eigenvalue weighted by atomic mass is 32.2. The Morgan fingerprint density at radius 3 is 2.64 bits per heavy atom. The summed E-state index contributed by atoms with van der Waals surface area (Å²) in [6.07, 6.45) is 5.81. The van der Waals surface area contributed by atoms with Crippen LogP contribution in [-0.4, -0.2) is 48.2 Å². The number of carbonyl (C=O) groups is 1. The highest BCUT2D eigenvalue weighted by Gasteiger charge is 2.32. The van der Waals surface area contributed by atoms with Crippen molar-refractivity contribution in [2.75, 3.05) is 42.3 Å². The summed E-state index contributed by atoms with van der Waals surface area (Å²) in [5.74, 6) is 2.03. The summed E-state index contributed by atoms with van der Waals surface area (Å²) in [5, 5.41) is 0.210. The standard InChI is InChI=1S/C17H24N2OS2/c1-21-12-4-11-19-16(20)13-22-17(19)14-5-7-15(8-6-14)18-9-2-3-10-18/h5-8,17H,2-4,9-13H2,1H3. The molecule has 2 saturated heterocycles. The lowest BCUT2D eigenvalue weighted by atomic mass is 10.1. The average Bonchev–Trinajstić information content (AvgIpc) is 3.19. The van der Waals surface area contributed by atoms with Crippen LogP contribution in [0.5, 0.6) is 0 Å². The molecule has 0 aliphatic carbocycles. The highest BCUT2D eigenvalue weighted by molar-refractivity contribution is 8.00. The van der Waals surface area contributed by atoms with E-state index in [4.69, 9.17) is 0 Å². The molecule has 0 radical (unpaired) electrons. The van der Waals surface area contributed by atoms with Gasteiger partial charge in [0.25, 0.3) is 0 Å². The van der Waals surface area contributed by atoms with Crippen LogP contribution in [0.1, 0.15) is 30.2 Å². The number of carbonyl (C=O) groups excluding carboxylic acids is 1.